The summed E-state index contributed by atoms with van der Waals surface area (Å²) >= 11 is 0. The summed E-state index contributed by atoms with van der Waals surface area (Å²) in [5.41, 5.74) is 4.60. The molecule has 1 fully saturated rings. The third-order valence-electron chi connectivity index (χ3n) is 1.92. The lowest BCUT2D eigenvalue weighted by Gasteiger charge is -2.29. The van der Waals surface area contributed by atoms with E-state index in [4.69, 9.17) is 10.8 Å². The molecule has 0 aromatic rings. The second-order valence-electron chi connectivity index (χ2n) is 2.71. The number of halogens is 1. The molecule has 0 aliphatic carbocycles. The predicted octanol–water partition coefficient (Wildman–Crippen LogP) is -0.270. The van der Waals surface area contributed by atoms with Crippen LogP contribution in [0.5, 0.6) is 0 Å². The third kappa shape index (κ3) is 2.43. The SMILES string of the molecule is Br.NC1(C(=O)O)CCNCC1. The number of nitrogens with two attached hydrogens (primary N) is 1. The van der Waals surface area contributed by atoms with E-state index in [-0.39, 0.29) is 17.0 Å². The predicted molar refractivity (Wildman–Crippen MR) is 47.0 cm³/mol. The molecule has 4 N–H and O–H groups in total. The Labute approximate surface area is 75.9 Å². The Hall–Kier alpha value is -0.130. The van der Waals surface area contributed by atoms with E-state index in [1.165, 1.54) is 0 Å². The number of hydrogen-bond donors (Lipinski definition) is 3. The molecule has 5 heteroatoms. The molecule has 1 saturated heterocycles. The first kappa shape index (κ1) is 10.9. The van der Waals surface area contributed by atoms with Crippen LogP contribution in [0.1, 0.15) is 12.8 Å². The number of carbonyl (C=O) groups is 1. The van der Waals surface area contributed by atoms with Gasteiger partial charge in [0, 0.05) is 0 Å². The van der Waals surface area contributed by atoms with Crippen LogP contribution in [0.15, 0.2) is 0 Å². The lowest BCUT2D eigenvalue weighted by atomic mass is 9.90. The number of hydrogen-bond acceptors (Lipinski definition) is 3. The van der Waals surface area contributed by atoms with Crippen LogP contribution in [0.2, 0.25) is 0 Å². The first-order chi connectivity index (χ1) is 4.65. The highest BCUT2D eigenvalue weighted by molar-refractivity contribution is 8.93. The second-order valence-corrected chi connectivity index (χ2v) is 2.71. The lowest BCUT2D eigenvalue weighted by Crippen LogP contribution is -2.54. The Morgan fingerprint density at radius 1 is 1.45 bits per heavy atom. The minimum atomic E-state index is -0.967. The Morgan fingerprint density at radius 3 is 2.18 bits per heavy atom. The maximum absolute atomic E-state index is 10.5. The molecule has 0 aromatic heterocycles. The zero-order chi connectivity index (χ0) is 7.61. The third-order valence-corrected chi connectivity index (χ3v) is 1.92. The monoisotopic (exact) mass is 224 g/mol. The Morgan fingerprint density at radius 2 is 1.91 bits per heavy atom. The van der Waals surface area contributed by atoms with Gasteiger partial charge in [-0.15, -0.1) is 17.0 Å². The molecule has 1 aliphatic rings. The van der Waals surface area contributed by atoms with Crippen molar-refractivity contribution in [3.05, 3.63) is 0 Å². The smallest absolute Gasteiger partial charge is 0.323 e. The Bertz CT molecular complexity index is 146. The molecule has 1 aliphatic heterocycles. The van der Waals surface area contributed by atoms with Crippen LogP contribution in [0.25, 0.3) is 0 Å². The molecule has 0 atom stereocenters. The number of nitrogens with one attached hydrogen (secondary N) is 1. The van der Waals surface area contributed by atoms with Gasteiger partial charge in [-0.3, -0.25) is 4.79 Å². The number of carboxylic acid groups (broad SMARTS) is 1. The van der Waals surface area contributed by atoms with Gasteiger partial charge in [0.15, 0.2) is 0 Å². The molecule has 0 saturated carbocycles. The van der Waals surface area contributed by atoms with Crippen molar-refractivity contribution in [2.24, 2.45) is 5.73 Å². The highest BCUT2D eigenvalue weighted by Crippen LogP contribution is 2.14. The summed E-state index contributed by atoms with van der Waals surface area (Å²) in [6.07, 6.45) is 1.06. The number of rotatable bonds is 1. The normalized spacial score (nSPS) is 21.9. The molecule has 66 valence electrons. The molecular weight excluding hydrogens is 212 g/mol. The van der Waals surface area contributed by atoms with Gasteiger partial charge in [-0.25, -0.2) is 0 Å². The summed E-state index contributed by atoms with van der Waals surface area (Å²) in [5.74, 6) is -0.881. The maximum atomic E-state index is 10.5. The van der Waals surface area contributed by atoms with E-state index in [1.54, 1.807) is 0 Å². The zero-order valence-corrected chi connectivity index (χ0v) is 7.88. The molecule has 4 nitrogen and oxygen atoms in total. The van der Waals surface area contributed by atoms with E-state index in [2.05, 4.69) is 5.32 Å². The highest BCUT2D eigenvalue weighted by Gasteiger charge is 2.34. The van der Waals surface area contributed by atoms with Crippen LogP contribution >= 0.6 is 17.0 Å². The van der Waals surface area contributed by atoms with Gasteiger partial charge >= 0.3 is 5.97 Å². The standard InChI is InChI=1S/C6H12N2O2.BrH/c7-6(5(9)10)1-3-8-4-2-6;/h8H,1-4,7H2,(H,9,10);1H. The van der Waals surface area contributed by atoms with Gasteiger partial charge in [0.05, 0.1) is 0 Å². The summed E-state index contributed by atoms with van der Waals surface area (Å²) in [6.45, 7) is 1.42. The van der Waals surface area contributed by atoms with E-state index < -0.39 is 11.5 Å². The molecule has 0 aromatic carbocycles. The van der Waals surface area contributed by atoms with Gasteiger partial charge in [0.2, 0.25) is 0 Å². The van der Waals surface area contributed by atoms with Gasteiger partial charge in [0.25, 0.3) is 0 Å². The van der Waals surface area contributed by atoms with Crippen LogP contribution in [0.4, 0.5) is 0 Å². The van der Waals surface area contributed by atoms with Crippen LogP contribution in [0, 0.1) is 0 Å². The Balaban J connectivity index is 0.000001000. The molecular formula is C6H13BrN2O2. The number of carboxylic acids is 1. The van der Waals surface area contributed by atoms with Gasteiger partial charge < -0.3 is 16.2 Å². The fraction of sp³-hybridized carbons (Fsp3) is 0.833. The molecule has 0 amide bonds. The number of piperidine rings is 1. The van der Waals surface area contributed by atoms with E-state index in [1.807, 2.05) is 0 Å². The first-order valence-corrected chi connectivity index (χ1v) is 3.38. The van der Waals surface area contributed by atoms with Gasteiger partial charge in [-0.1, -0.05) is 0 Å². The largest absolute Gasteiger partial charge is 0.480 e. The fourth-order valence-corrected chi connectivity index (χ4v) is 1.09. The summed E-state index contributed by atoms with van der Waals surface area (Å²) < 4.78 is 0. The van der Waals surface area contributed by atoms with Crippen molar-refractivity contribution in [1.29, 1.82) is 0 Å². The van der Waals surface area contributed by atoms with Crippen LogP contribution in [0.3, 0.4) is 0 Å². The van der Waals surface area contributed by atoms with Crippen molar-refractivity contribution in [2.45, 2.75) is 18.4 Å². The molecule has 0 unspecified atom stereocenters. The van der Waals surface area contributed by atoms with Gasteiger partial charge in [0.1, 0.15) is 5.54 Å². The van der Waals surface area contributed by atoms with Crippen molar-refractivity contribution in [2.75, 3.05) is 13.1 Å². The Kier molecular flexibility index (Phi) is 3.99. The molecule has 0 bridgehead atoms. The quantitative estimate of drug-likeness (QED) is 0.574. The van der Waals surface area contributed by atoms with Crippen molar-refractivity contribution >= 4 is 23.0 Å². The van der Waals surface area contributed by atoms with Crippen molar-refractivity contribution in [3.63, 3.8) is 0 Å². The van der Waals surface area contributed by atoms with Crippen molar-refractivity contribution < 1.29 is 9.90 Å². The maximum Gasteiger partial charge on any atom is 0.323 e. The number of aliphatic carboxylic acids is 1. The summed E-state index contributed by atoms with van der Waals surface area (Å²) in [5, 5.41) is 11.7. The average molecular weight is 225 g/mol. The van der Waals surface area contributed by atoms with Crippen LogP contribution in [-0.4, -0.2) is 29.7 Å². The molecule has 11 heavy (non-hydrogen) atoms. The van der Waals surface area contributed by atoms with E-state index in [9.17, 15) is 4.79 Å². The molecule has 1 heterocycles. The van der Waals surface area contributed by atoms with Crippen LogP contribution < -0.4 is 11.1 Å². The lowest BCUT2D eigenvalue weighted by molar-refractivity contribution is -0.144. The minimum absolute atomic E-state index is 0. The van der Waals surface area contributed by atoms with Crippen molar-refractivity contribution in [1.82, 2.24) is 5.32 Å². The van der Waals surface area contributed by atoms with E-state index >= 15 is 0 Å². The summed E-state index contributed by atoms with van der Waals surface area (Å²) in [4.78, 5) is 10.5. The van der Waals surface area contributed by atoms with Gasteiger partial charge in [-0.05, 0) is 25.9 Å². The minimum Gasteiger partial charge on any atom is -0.480 e. The van der Waals surface area contributed by atoms with E-state index in [0.29, 0.717) is 25.9 Å². The summed E-state index contributed by atoms with van der Waals surface area (Å²) in [6, 6.07) is 0. The zero-order valence-electron chi connectivity index (χ0n) is 6.17. The van der Waals surface area contributed by atoms with Gasteiger partial charge in [-0.2, -0.15) is 0 Å². The van der Waals surface area contributed by atoms with Crippen LogP contribution in [-0.2, 0) is 4.79 Å². The molecule has 0 radical (unpaired) electrons. The molecule has 0 spiro atoms. The topological polar surface area (TPSA) is 75.4 Å². The summed E-state index contributed by atoms with van der Waals surface area (Å²) in [7, 11) is 0. The highest BCUT2D eigenvalue weighted by atomic mass is 79.9. The fourth-order valence-electron chi connectivity index (χ4n) is 1.09. The second kappa shape index (κ2) is 4.04. The average Bonchev–Trinajstić information content (AvgIpc) is 1.89. The molecule has 1 rings (SSSR count). The van der Waals surface area contributed by atoms with E-state index in [0.717, 1.165) is 0 Å². The first-order valence-electron chi connectivity index (χ1n) is 3.38. The van der Waals surface area contributed by atoms with Crippen molar-refractivity contribution in [3.8, 4) is 0 Å².